The fraction of sp³-hybridized carbons (Fsp3) is 0.867. The molecule has 0 fully saturated rings. The van der Waals surface area contributed by atoms with Crippen molar-refractivity contribution in [2.75, 3.05) is 0 Å². The largest absolute Gasteiger partial charge is 0.463 e. The van der Waals surface area contributed by atoms with Crippen molar-refractivity contribution in [3.63, 3.8) is 0 Å². The van der Waals surface area contributed by atoms with Crippen LogP contribution in [-0.2, 0) is 19.1 Å². The van der Waals surface area contributed by atoms with Gasteiger partial charge < -0.3 is 9.47 Å². The highest BCUT2D eigenvalue weighted by atomic mass is 16.5. The van der Waals surface area contributed by atoms with E-state index >= 15 is 0 Å². The topological polar surface area (TPSA) is 52.6 Å². The molecule has 34 heavy (non-hydrogen) atoms. The first kappa shape index (κ1) is 32.7. The van der Waals surface area contributed by atoms with Gasteiger partial charge in [0.2, 0.25) is 0 Å². The molecule has 0 heterocycles. The quantitative estimate of drug-likeness (QED) is 0.0784. The zero-order valence-corrected chi connectivity index (χ0v) is 23.1. The van der Waals surface area contributed by atoms with Gasteiger partial charge in [-0.1, -0.05) is 90.2 Å². The molecule has 0 saturated heterocycles. The number of ether oxygens (including phenoxy) is 2. The lowest BCUT2D eigenvalue weighted by atomic mass is 10.1. The van der Waals surface area contributed by atoms with Crippen LogP contribution in [-0.4, -0.2) is 24.1 Å². The van der Waals surface area contributed by atoms with Crippen LogP contribution >= 0.6 is 0 Å². The van der Waals surface area contributed by atoms with Crippen LogP contribution in [0.2, 0.25) is 0 Å². The second-order valence-corrected chi connectivity index (χ2v) is 9.97. The van der Waals surface area contributed by atoms with Crippen LogP contribution in [0.5, 0.6) is 0 Å². The molecule has 0 rings (SSSR count). The predicted molar refractivity (Wildman–Crippen MR) is 144 cm³/mol. The maximum absolute atomic E-state index is 11.7. The molecule has 0 aliphatic heterocycles. The Kier molecular flexibility index (Phi) is 23.8. The molecule has 0 bridgehead atoms. The Morgan fingerprint density at radius 1 is 0.559 bits per heavy atom. The lowest BCUT2D eigenvalue weighted by molar-refractivity contribution is -0.149. The van der Waals surface area contributed by atoms with E-state index < -0.39 is 0 Å². The molecule has 4 heteroatoms. The summed E-state index contributed by atoms with van der Waals surface area (Å²) < 4.78 is 10.8. The maximum Gasteiger partial charge on any atom is 0.306 e. The summed E-state index contributed by atoms with van der Waals surface area (Å²) in [6.45, 7) is 8.19. The summed E-state index contributed by atoms with van der Waals surface area (Å²) in [6.07, 6.45) is 26.7. The molecule has 2 atom stereocenters. The highest BCUT2D eigenvalue weighted by Gasteiger charge is 2.08. The molecule has 200 valence electrons. The van der Waals surface area contributed by atoms with Gasteiger partial charge >= 0.3 is 11.9 Å². The van der Waals surface area contributed by atoms with Gasteiger partial charge in [-0.3, -0.25) is 9.59 Å². The van der Waals surface area contributed by atoms with E-state index in [1.807, 2.05) is 13.8 Å². The minimum absolute atomic E-state index is 0.0237. The predicted octanol–water partition coefficient (Wildman–Crippen LogP) is 9.25. The molecular weight excluding hydrogens is 424 g/mol. The third-order valence-corrected chi connectivity index (χ3v) is 6.23. The number of hydrogen-bond donors (Lipinski definition) is 0. The van der Waals surface area contributed by atoms with Crippen LogP contribution in [0.15, 0.2) is 12.2 Å². The Balaban J connectivity index is 3.31. The monoisotopic (exact) mass is 480 g/mol. The Morgan fingerprint density at radius 2 is 0.882 bits per heavy atom. The van der Waals surface area contributed by atoms with E-state index in [2.05, 4.69) is 26.0 Å². The number of carbonyl (C=O) groups is 2. The van der Waals surface area contributed by atoms with Crippen molar-refractivity contribution in [2.24, 2.45) is 0 Å². The number of esters is 2. The molecule has 0 aliphatic rings. The van der Waals surface area contributed by atoms with Crippen LogP contribution in [0.4, 0.5) is 0 Å². The van der Waals surface area contributed by atoms with Crippen LogP contribution < -0.4 is 0 Å². The SMILES string of the molecule is CCCC(C)OC(=O)CCCCC/C=C/CCCCCCCCCCCC(=O)OC(C)CCC. The van der Waals surface area contributed by atoms with Crippen LogP contribution in [0.25, 0.3) is 0 Å². The summed E-state index contributed by atoms with van der Waals surface area (Å²) in [4.78, 5) is 23.4. The van der Waals surface area contributed by atoms with Crippen LogP contribution in [0, 0.1) is 0 Å². The molecule has 0 aromatic rings. The molecule has 4 nitrogen and oxygen atoms in total. The van der Waals surface area contributed by atoms with Gasteiger partial charge in [0.25, 0.3) is 0 Å². The van der Waals surface area contributed by atoms with E-state index in [0.717, 1.165) is 64.2 Å². The lowest BCUT2D eigenvalue weighted by Gasteiger charge is -2.11. The van der Waals surface area contributed by atoms with Gasteiger partial charge in [-0.15, -0.1) is 0 Å². The Bertz CT molecular complexity index is 500. The van der Waals surface area contributed by atoms with Crippen LogP contribution in [0.3, 0.4) is 0 Å². The molecule has 0 amide bonds. The first-order chi connectivity index (χ1) is 16.5. The number of carbonyl (C=O) groups excluding carboxylic acids is 2. The van der Waals surface area contributed by atoms with Crippen molar-refractivity contribution in [1.82, 2.24) is 0 Å². The third kappa shape index (κ3) is 23.8. The number of unbranched alkanes of at least 4 members (excludes halogenated alkanes) is 12. The molecule has 0 radical (unpaired) electrons. The van der Waals surface area contributed by atoms with E-state index in [1.165, 1.54) is 51.4 Å². The smallest absolute Gasteiger partial charge is 0.306 e. The van der Waals surface area contributed by atoms with Gasteiger partial charge in [0.1, 0.15) is 0 Å². The first-order valence-electron chi connectivity index (χ1n) is 14.5. The van der Waals surface area contributed by atoms with E-state index in [1.54, 1.807) is 0 Å². The Morgan fingerprint density at radius 3 is 1.26 bits per heavy atom. The average Bonchev–Trinajstić information content (AvgIpc) is 2.78. The second kappa shape index (κ2) is 24.8. The average molecular weight is 481 g/mol. The molecule has 0 spiro atoms. The van der Waals surface area contributed by atoms with Gasteiger partial charge in [-0.05, 0) is 65.2 Å². The summed E-state index contributed by atoms with van der Waals surface area (Å²) in [5.74, 6) is -0.0598. The molecule has 0 aliphatic carbocycles. The standard InChI is InChI=1S/C30H56O4/c1-5-23-27(3)33-29(31)25-21-19-17-15-13-11-9-7-8-10-12-14-16-18-20-22-26-30(32)34-28(4)24-6-2/h11,13,27-28H,5-10,12,14-26H2,1-4H3/b13-11+. The van der Waals surface area contributed by atoms with Gasteiger partial charge in [-0.25, -0.2) is 0 Å². The molecular formula is C30H56O4. The fourth-order valence-electron chi connectivity index (χ4n) is 4.21. The normalized spacial score (nSPS) is 13.2. The van der Waals surface area contributed by atoms with Crippen molar-refractivity contribution < 1.29 is 19.1 Å². The number of allylic oxidation sites excluding steroid dienone is 2. The zero-order valence-electron chi connectivity index (χ0n) is 23.1. The van der Waals surface area contributed by atoms with Crippen LogP contribution in [0.1, 0.15) is 156 Å². The van der Waals surface area contributed by atoms with Crippen molar-refractivity contribution in [2.45, 2.75) is 168 Å². The molecule has 0 aromatic carbocycles. The summed E-state index contributed by atoms with van der Waals surface area (Å²) >= 11 is 0. The van der Waals surface area contributed by atoms with Gasteiger partial charge in [-0.2, -0.15) is 0 Å². The van der Waals surface area contributed by atoms with Gasteiger partial charge in [0, 0.05) is 12.8 Å². The lowest BCUT2D eigenvalue weighted by Crippen LogP contribution is -2.14. The highest BCUT2D eigenvalue weighted by Crippen LogP contribution is 2.13. The van der Waals surface area contributed by atoms with E-state index in [9.17, 15) is 9.59 Å². The highest BCUT2D eigenvalue weighted by molar-refractivity contribution is 5.69. The molecule has 2 unspecified atom stereocenters. The minimum Gasteiger partial charge on any atom is -0.463 e. The molecule has 0 aromatic heterocycles. The summed E-state index contributed by atoms with van der Waals surface area (Å²) in [7, 11) is 0. The van der Waals surface area contributed by atoms with Crippen molar-refractivity contribution >= 4 is 11.9 Å². The summed E-state index contributed by atoms with van der Waals surface area (Å²) in [5.41, 5.74) is 0. The molecule has 0 saturated carbocycles. The van der Waals surface area contributed by atoms with Crippen molar-refractivity contribution in [3.8, 4) is 0 Å². The summed E-state index contributed by atoms with van der Waals surface area (Å²) in [6, 6.07) is 0. The zero-order chi connectivity index (χ0) is 25.3. The number of rotatable bonds is 24. The van der Waals surface area contributed by atoms with Gasteiger partial charge in [0.05, 0.1) is 12.2 Å². The first-order valence-corrected chi connectivity index (χ1v) is 14.5. The molecule has 0 N–H and O–H groups in total. The minimum atomic E-state index is -0.0362. The van der Waals surface area contributed by atoms with Crippen molar-refractivity contribution in [3.05, 3.63) is 12.2 Å². The Hall–Kier alpha value is -1.32. The van der Waals surface area contributed by atoms with E-state index in [0.29, 0.717) is 12.8 Å². The Labute approximate surface area is 211 Å². The third-order valence-electron chi connectivity index (χ3n) is 6.23. The summed E-state index contributed by atoms with van der Waals surface area (Å²) in [5, 5.41) is 0. The van der Waals surface area contributed by atoms with E-state index in [4.69, 9.17) is 9.47 Å². The maximum atomic E-state index is 11.7. The van der Waals surface area contributed by atoms with Gasteiger partial charge in [0.15, 0.2) is 0 Å². The van der Waals surface area contributed by atoms with E-state index in [-0.39, 0.29) is 24.1 Å². The number of hydrogen-bond acceptors (Lipinski definition) is 4. The van der Waals surface area contributed by atoms with Crippen molar-refractivity contribution in [1.29, 1.82) is 0 Å². The fourth-order valence-corrected chi connectivity index (χ4v) is 4.21. The second-order valence-electron chi connectivity index (χ2n) is 9.97.